The predicted molar refractivity (Wildman–Crippen MR) is 147 cm³/mol. The van der Waals surface area contributed by atoms with Crippen molar-refractivity contribution in [3.63, 3.8) is 0 Å². The minimum atomic E-state index is -0.870. The first-order valence-electron chi connectivity index (χ1n) is 13.0. The second kappa shape index (κ2) is 11.9. The molecule has 0 saturated carbocycles. The Kier molecular flexibility index (Phi) is 9.94. The SMILES string of the molecule is CCC(CC)(c1ccc(OCC(O)C(C)(C)C)c(C)c1)c1cc(C)c(C(=O)C(C)CC(C)C(=O)O)s1. The summed E-state index contributed by atoms with van der Waals surface area (Å²) in [6.07, 6.45) is 1.53. The molecule has 1 heterocycles. The van der Waals surface area contributed by atoms with Crippen LogP contribution in [-0.4, -0.2) is 34.7 Å². The first-order chi connectivity index (χ1) is 16.7. The van der Waals surface area contributed by atoms with E-state index < -0.39 is 18.0 Å². The van der Waals surface area contributed by atoms with E-state index in [4.69, 9.17) is 4.74 Å². The van der Waals surface area contributed by atoms with Gasteiger partial charge in [-0.3, -0.25) is 9.59 Å². The maximum atomic E-state index is 13.3. The van der Waals surface area contributed by atoms with E-state index >= 15 is 0 Å². The number of carbonyl (C=O) groups excluding carboxylic acids is 1. The Morgan fingerprint density at radius 2 is 1.61 bits per heavy atom. The molecule has 2 aromatic rings. The average molecular weight is 517 g/mol. The van der Waals surface area contributed by atoms with E-state index in [0.717, 1.165) is 39.5 Å². The van der Waals surface area contributed by atoms with Gasteiger partial charge in [0.25, 0.3) is 0 Å². The van der Waals surface area contributed by atoms with Crippen LogP contribution >= 0.6 is 11.3 Å². The number of ketones is 1. The Morgan fingerprint density at radius 1 is 1.00 bits per heavy atom. The smallest absolute Gasteiger partial charge is 0.306 e. The molecule has 2 rings (SSSR count). The summed E-state index contributed by atoms with van der Waals surface area (Å²) in [6.45, 7) is 18.0. The molecule has 0 aliphatic rings. The number of aliphatic carboxylic acids is 1. The van der Waals surface area contributed by atoms with Crippen molar-refractivity contribution < 1.29 is 24.5 Å². The molecule has 6 heteroatoms. The third kappa shape index (κ3) is 6.57. The lowest BCUT2D eigenvalue weighted by Gasteiger charge is -2.32. The number of thiophene rings is 1. The van der Waals surface area contributed by atoms with Gasteiger partial charge in [0.1, 0.15) is 12.4 Å². The van der Waals surface area contributed by atoms with Crippen LogP contribution in [0.15, 0.2) is 24.3 Å². The highest BCUT2D eigenvalue weighted by Crippen LogP contribution is 2.44. The summed E-state index contributed by atoms with van der Waals surface area (Å²) in [4.78, 5) is 26.4. The number of carboxylic acids is 1. The maximum Gasteiger partial charge on any atom is 0.306 e. The summed E-state index contributed by atoms with van der Waals surface area (Å²) in [7, 11) is 0. The number of aliphatic hydroxyl groups is 1. The van der Waals surface area contributed by atoms with Gasteiger partial charge in [-0.2, -0.15) is 0 Å². The Bertz CT molecular complexity index is 1060. The van der Waals surface area contributed by atoms with Crippen LogP contribution in [-0.2, 0) is 10.2 Å². The Balaban J connectivity index is 2.37. The zero-order chi connectivity index (χ0) is 27.4. The topological polar surface area (TPSA) is 83.8 Å². The quantitative estimate of drug-likeness (QED) is 0.292. The zero-order valence-electron chi connectivity index (χ0n) is 23.4. The normalized spacial score (nSPS) is 14.8. The van der Waals surface area contributed by atoms with E-state index in [1.807, 2.05) is 47.6 Å². The molecule has 5 nitrogen and oxygen atoms in total. The molecule has 0 spiro atoms. The number of aliphatic hydroxyl groups excluding tert-OH is 1. The molecule has 0 amide bonds. The predicted octanol–water partition coefficient (Wildman–Crippen LogP) is 7.19. The number of ether oxygens (including phenoxy) is 1. The van der Waals surface area contributed by atoms with Gasteiger partial charge >= 0.3 is 5.97 Å². The van der Waals surface area contributed by atoms with Crippen molar-refractivity contribution >= 4 is 23.1 Å². The van der Waals surface area contributed by atoms with E-state index in [9.17, 15) is 19.8 Å². The van der Waals surface area contributed by atoms with E-state index in [1.54, 1.807) is 18.3 Å². The fourth-order valence-electron chi connectivity index (χ4n) is 4.60. The highest BCUT2D eigenvalue weighted by atomic mass is 32.1. The number of hydrogen-bond donors (Lipinski definition) is 2. The van der Waals surface area contributed by atoms with Crippen molar-refractivity contribution in [2.24, 2.45) is 17.3 Å². The first-order valence-corrected chi connectivity index (χ1v) is 13.8. The lowest BCUT2D eigenvalue weighted by Crippen LogP contribution is -2.32. The van der Waals surface area contributed by atoms with Crippen molar-refractivity contribution in [1.29, 1.82) is 0 Å². The van der Waals surface area contributed by atoms with Gasteiger partial charge in [0.05, 0.1) is 16.9 Å². The van der Waals surface area contributed by atoms with Gasteiger partial charge in [0, 0.05) is 16.2 Å². The van der Waals surface area contributed by atoms with Gasteiger partial charge in [-0.1, -0.05) is 60.6 Å². The van der Waals surface area contributed by atoms with Crippen LogP contribution in [0.4, 0.5) is 0 Å². The average Bonchev–Trinajstić information content (AvgIpc) is 3.19. The third-order valence-electron chi connectivity index (χ3n) is 7.52. The summed E-state index contributed by atoms with van der Waals surface area (Å²) in [5.74, 6) is -0.980. The number of benzene rings is 1. The van der Waals surface area contributed by atoms with Gasteiger partial charge < -0.3 is 14.9 Å². The van der Waals surface area contributed by atoms with Crippen molar-refractivity contribution in [3.05, 3.63) is 50.7 Å². The molecule has 1 aromatic carbocycles. The molecule has 1 aromatic heterocycles. The highest BCUT2D eigenvalue weighted by molar-refractivity contribution is 7.14. The van der Waals surface area contributed by atoms with Crippen LogP contribution in [0.1, 0.15) is 99.0 Å². The van der Waals surface area contributed by atoms with Crippen LogP contribution in [0.2, 0.25) is 0 Å². The Morgan fingerprint density at radius 3 is 2.11 bits per heavy atom. The molecule has 200 valence electrons. The molecular weight excluding hydrogens is 472 g/mol. The summed E-state index contributed by atoms with van der Waals surface area (Å²) >= 11 is 1.55. The molecule has 0 aliphatic heterocycles. The maximum absolute atomic E-state index is 13.3. The summed E-state index contributed by atoms with van der Waals surface area (Å²) in [6, 6.07) is 8.39. The molecule has 0 saturated heterocycles. The second-order valence-corrected chi connectivity index (χ2v) is 12.4. The summed E-state index contributed by atoms with van der Waals surface area (Å²) < 4.78 is 5.96. The molecule has 36 heavy (non-hydrogen) atoms. The molecule has 0 radical (unpaired) electrons. The van der Waals surface area contributed by atoms with Gasteiger partial charge in [-0.25, -0.2) is 0 Å². The number of hydrogen-bond acceptors (Lipinski definition) is 5. The number of carbonyl (C=O) groups is 2. The fraction of sp³-hybridized carbons (Fsp3) is 0.600. The monoisotopic (exact) mass is 516 g/mol. The van der Waals surface area contributed by atoms with E-state index in [0.29, 0.717) is 6.42 Å². The summed E-state index contributed by atoms with van der Waals surface area (Å²) in [5.41, 5.74) is 2.67. The van der Waals surface area contributed by atoms with Crippen molar-refractivity contribution in [2.45, 2.75) is 93.1 Å². The molecular formula is C30H44O5S. The molecule has 3 unspecified atom stereocenters. The van der Waals surface area contributed by atoms with Crippen molar-refractivity contribution in [2.75, 3.05) is 6.61 Å². The van der Waals surface area contributed by atoms with E-state index in [1.165, 1.54) is 5.56 Å². The van der Waals surface area contributed by atoms with Gasteiger partial charge in [0.2, 0.25) is 0 Å². The van der Waals surface area contributed by atoms with E-state index in [2.05, 4.69) is 32.0 Å². The van der Waals surface area contributed by atoms with Crippen LogP contribution in [0.3, 0.4) is 0 Å². The van der Waals surface area contributed by atoms with Gasteiger partial charge in [-0.05, 0) is 67.3 Å². The van der Waals surface area contributed by atoms with Gasteiger partial charge in [-0.15, -0.1) is 11.3 Å². The number of carboxylic acid groups (broad SMARTS) is 1. The lowest BCUT2D eigenvalue weighted by molar-refractivity contribution is -0.141. The minimum absolute atomic E-state index is 0.0234. The molecule has 0 bridgehead atoms. The number of aryl methyl sites for hydroxylation is 2. The molecule has 3 atom stereocenters. The van der Waals surface area contributed by atoms with E-state index in [-0.39, 0.29) is 29.1 Å². The fourth-order valence-corrected chi connectivity index (χ4v) is 6.18. The Labute approximate surface area is 220 Å². The highest BCUT2D eigenvalue weighted by Gasteiger charge is 2.35. The Hall–Kier alpha value is -2.18. The first kappa shape index (κ1) is 30.0. The third-order valence-corrected chi connectivity index (χ3v) is 8.98. The number of rotatable bonds is 12. The zero-order valence-corrected chi connectivity index (χ0v) is 24.2. The lowest BCUT2D eigenvalue weighted by atomic mass is 9.74. The molecule has 0 aliphatic carbocycles. The minimum Gasteiger partial charge on any atom is -0.491 e. The summed E-state index contributed by atoms with van der Waals surface area (Å²) in [5, 5.41) is 19.6. The van der Waals surface area contributed by atoms with Crippen LogP contribution in [0.5, 0.6) is 5.75 Å². The van der Waals surface area contributed by atoms with Gasteiger partial charge in [0.15, 0.2) is 5.78 Å². The van der Waals surface area contributed by atoms with Crippen LogP contribution < -0.4 is 4.74 Å². The van der Waals surface area contributed by atoms with Crippen molar-refractivity contribution in [1.82, 2.24) is 0 Å². The molecule has 2 N–H and O–H groups in total. The standard InChI is InChI=1S/C30H44O5S/c1-10-30(11-2,22-12-13-23(18(3)15-22)35-17-24(31)29(7,8)9)25-16-20(5)27(36-25)26(32)19(4)14-21(6)28(33)34/h12-13,15-16,19,21,24,31H,10-11,14,17H2,1-9H3,(H,33,34). The van der Waals surface area contributed by atoms with Crippen molar-refractivity contribution in [3.8, 4) is 5.75 Å². The second-order valence-electron chi connectivity index (χ2n) is 11.3. The largest absolute Gasteiger partial charge is 0.491 e. The van der Waals surface area contributed by atoms with Crippen LogP contribution in [0, 0.1) is 31.1 Å². The number of Topliss-reactive ketones (excluding diaryl/α,β-unsaturated/α-hetero) is 1. The molecule has 0 fully saturated rings. The van der Waals surface area contributed by atoms with Crippen LogP contribution in [0.25, 0.3) is 0 Å².